The SMILES string of the molecule is Fc1cnccc1-c1nc2cc(C(F)(F)F)ccc2n1C1CC1. The van der Waals surface area contributed by atoms with Crippen LogP contribution in [0.2, 0.25) is 0 Å². The molecule has 7 heteroatoms. The Hall–Kier alpha value is -2.44. The summed E-state index contributed by atoms with van der Waals surface area (Å²) >= 11 is 0. The Bertz CT molecular complexity index is 894. The molecule has 4 rings (SSSR count). The van der Waals surface area contributed by atoms with Gasteiger partial charge in [0.2, 0.25) is 0 Å². The number of aromatic nitrogens is 3. The van der Waals surface area contributed by atoms with E-state index in [2.05, 4.69) is 9.97 Å². The molecule has 0 saturated heterocycles. The normalized spacial score (nSPS) is 15.3. The third-order valence-electron chi connectivity index (χ3n) is 3.94. The molecule has 1 saturated carbocycles. The first-order chi connectivity index (χ1) is 10.9. The van der Waals surface area contributed by atoms with Crippen molar-refractivity contribution in [3.63, 3.8) is 0 Å². The summed E-state index contributed by atoms with van der Waals surface area (Å²) < 4.78 is 54.5. The molecule has 0 unspecified atom stereocenters. The van der Waals surface area contributed by atoms with Gasteiger partial charge in [0, 0.05) is 12.2 Å². The van der Waals surface area contributed by atoms with Gasteiger partial charge < -0.3 is 4.57 Å². The summed E-state index contributed by atoms with van der Waals surface area (Å²) in [5.74, 6) is -0.192. The van der Waals surface area contributed by atoms with Crippen LogP contribution in [0.4, 0.5) is 17.6 Å². The van der Waals surface area contributed by atoms with Crippen molar-refractivity contribution in [1.82, 2.24) is 14.5 Å². The minimum atomic E-state index is -4.43. The zero-order valence-corrected chi connectivity index (χ0v) is 11.8. The van der Waals surface area contributed by atoms with Crippen molar-refractivity contribution in [1.29, 1.82) is 0 Å². The molecule has 0 N–H and O–H groups in total. The fourth-order valence-electron chi connectivity index (χ4n) is 2.72. The Morgan fingerprint density at radius 1 is 1.13 bits per heavy atom. The number of halogens is 4. The summed E-state index contributed by atoms with van der Waals surface area (Å²) in [4.78, 5) is 7.97. The molecule has 3 nitrogen and oxygen atoms in total. The van der Waals surface area contributed by atoms with Gasteiger partial charge in [0.05, 0.1) is 28.4 Å². The second-order valence-corrected chi connectivity index (χ2v) is 5.59. The lowest BCUT2D eigenvalue weighted by atomic mass is 10.2. The van der Waals surface area contributed by atoms with Crippen molar-refractivity contribution in [3.05, 3.63) is 48.0 Å². The third kappa shape index (κ3) is 2.36. The van der Waals surface area contributed by atoms with E-state index >= 15 is 0 Å². The second kappa shape index (κ2) is 4.78. The summed E-state index contributed by atoms with van der Waals surface area (Å²) in [5.41, 5.74) is 0.300. The lowest BCUT2D eigenvalue weighted by Crippen LogP contribution is -2.04. The van der Waals surface area contributed by atoms with E-state index in [1.807, 2.05) is 4.57 Å². The molecule has 1 aliphatic rings. The first kappa shape index (κ1) is 14.2. The van der Waals surface area contributed by atoms with Crippen molar-refractivity contribution < 1.29 is 17.6 Å². The fourth-order valence-corrected chi connectivity index (χ4v) is 2.72. The molecule has 1 aromatic carbocycles. The topological polar surface area (TPSA) is 30.7 Å². The van der Waals surface area contributed by atoms with Crippen LogP contribution in [0.1, 0.15) is 24.4 Å². The predicted molar refractivity (Wildman–Crippen MR) is 76.2 cm³/mol. The molecule has 2 aromatic heterocycles. The Kier molecular flexibility index (Phi) is 2.94. The molecule has 0 aliphatic heterocycles. The van der Waals surface area contributed by atoms with Gasteiger partial charge in [0.15, 0.2) is 5.82 Å². The zero-order valence-electron chi connectivity index (χ0n) is 11.8. The Morgan fingerprint density at radius 2 is 1.91 bits per heavy atom. The molecule has 1 fully saturated rings. The summed E-state index contributed by atoms with van der Waals surface area (Å²) in [5, 5.41) is 0. The molecule has 23 heavy (non-hydrogen) atoms. The van der Waals surface area contributed by atoms with Crippen LogP contribution >= 0.6 is 0 Å². The number of rotatable bonds is 2. The number of pyridine rings is 1. The highest BCUT2D eigenvalue weighted by atomic mass is 19.4. The first-order valence-electron chi connectivity index (χ1n) is 7.14. The van der Waals surface area contributed by atoms with E-state index in [1.165, 1.54) is 18.3 Å². The van der Waals surface area contributed by atoms with E-state index in [4.69, 9.17) is 0 Å². The van der Waals surface area contributed by atoms with Gasteiger partial charge in [-0.1, -0.05) is 0 Å². The number of hydrogen-bond donors (Lipinski definition) is 0. The van der Waals surface area contributed by atoms with Crippen molar-refractivity contribution in [3.8, 4) is 11.4 Å². The summed E-state index contributed by atoms with van der Waals surface area (Å²) in [6.07, 6.45) is -0.0960. The van der Waals surface area contributed by atoms with Crippen LogP contribution in [0.15, 0.2) is 36.7 Å². The minimum Gasteiger partial charge on any atom is -0.321 e. The number of imidazole rings is 1. The van der Waals surface area contributed by atoms with Gasteiger partial charge in [-0.05, 0) is 37.1 Å². The highest BCUT2D eigenvalue weighted by Gasteiger charge is 2.33. The van der Waals surface area contributed by atoms with Crippen molar-refractivity contribution in [2.75, 3.05) is 0 Å². The van der Waals surface area contributed by atoms with Crippen LogP contribution in [0.25, 0.3) is 22.4 Å². The highest BCUT2D eigenvalue weighted by Crippen LogP contribution is 2.42. The Balaban J connectivity index is 1.97. The van der Waals surface area contributed by atoms with E-state index in [0.717, 1.165) is 31.2 Å². The third-order valence-corrected chi connectivity index (χ3v) is 3.94. The average molecular weight is 321 g/mol. The van der Waals surface area contributed by atoms with Gasteiger partial charge in [0.1, 0.15) is 5.82 Å². The van der Waals surface area contributed by atoms with Crippen molar-refractivity contribution >= 4 is 11.0 Å². The molecule has 2 heterocycles. The van der Waals surface area contributed by atoms with Crippen LogP contribution in [0, 0.1) is 5.82 Å². The molecule has 0 bridgehead atoms. The lowest BCUT2D eigenvalue weighted by molar-refractivity contribution is -0.137. The van der Waals surface area contributed by atoms with Gasteiger partial charge in [-0.2, -0.15) is 13.2 Å². The van der Waals surface area contributed by atoms with Crippen molar-refractivity contribution in [2.24, 2.45) is 0 Å². The number of nitrogens with zero attached hydrogens (tertiary/aromatic N) is 3. The standard InChI is InChI=1S/C16H11F4N3/c17-12-8-21-6-5-11(12)15-22-13-7-9(16(18,19)20)1-4-14(13)23(15)10-2-3-10/h1,4-8,10H,2-3H2. The zero-order chi connectivity index (χ0) is 16.2. The van der Waals surface area contributed by atoms with E-state index < -0.39 is 17.6 Å². The van der Waals surface area contributed by atoms with Crippen LogP contribution < -0.4 is 0 Å². The molecule has 0 amide bonds. The molecule has 118 valence electrons. The molecule has 0 spiro atoms. The monoisotopic (exact) mass is 321 g/mol. The van der Waals surface area contributed by atoms with Crippen molar-refractivity contribution in [2.45, 2.75) is 25.1 Å². The van der Waals surface area contributed by atoms with E-state index in [-0.39, 0.29) is 17.1 Å². The van der Waals surface area contributed by atoms with Crippen LogP contribution in [0.5, 0.6) is 0 Å². The van der Waals surface area contributed by atoms with Crippen LogP contribution in [-0.4, -0.2) is 14.5 Å². The predicted octanol–water partition coefficient (Wildman–Crippen LogP) is 4.59. The maximum Gasteiger partial charge on any atom is 0.416 e. The summed E-state index contributed by atoms with van der Waals surface area (Å²) in [6.45, 7) is 0. The van der Waals surface area contributed by atoms with Gasteiger partial charge in [-0.15, -0.1) is 0 Å². The lowest BCUT2D eigenvalue weighted by Gasteiger charge is -2.09. The molecule has 1 aliphatic carbocycles. The quantitative estimate of drug-likeness (QED) is 0.646. The Morgan fingerprint density at radius 3 is 2.57 bits per heavy atom. The van der Waals surface area contributed by atoms with Crippen LogP contribution in [0.3, 0.4) is 0 Å². The molecular formula is C16H11F4N3. The first-order valence-corrected chi connectivity index (χ1v) is 7.14. The summed E-state index contributed by atoms with van der Waals surface area (Å²) in [7, 11) is 0. The summed E-state index contributed by atoms with van der Waals surface area (Å²) in [6, 6.07) is 5.10. The smallest absolute Gasteiger partial charge is 0.321 e. The van der Waals surface area contributed by atoms with Gasteiger partial charge in [-0.3, -0.25) is 4.98 Å². The fraction of sp³-hybridized carbons (Fsp3) is 0.250. The molecule has 0 atom stereocenters. The second-order valence-electron chi connectivity index (χ2n) is 5.59. The van der Waals surface area contributed by atoms with E-state index in [9.17, 15) is 17.6 Å². The highest BCUT2D eigenvalue weighted by molar-refractivity contribution is 5.82. The molecule has 3 aromatic rings. The maximum absolute atomic E-state index is 14.0. The van der Waals surface area contributed by atoms with Crippen LogP contribution in [-0.2, 0) is 6.18 Å². The van der Waals surface area contributed by atoms with Gasteiger partial charge >= 0.3 is 6.18 Å². The maximum atomic E-state index is 14.0. The minimum absolute atomic E-state index is 0.152. The number of alkyl halides is 3. The number of benzene rings is 1. The number of fused-ring (bicyclic) bond motifs is 1. The molecule has 0 radical (unpaired) electrons. The van der Waals surface area contributed by atoms with Gasteiger partial charge in [0.25, 0.3) is 0 Å². The van der Waals surface area contributed by atoms with E-state index in [0.29, 0.717) is 11.3 Å². The largest absolute Gasteiger partial charge is 0.416 e. The number of hydrogen-bond acceptors (Lipinski definition) is 2. The average Bonchev–Trinajstić information content (AvgIpc) is 3.26. The molecular weight excluding hydrogens is 310 g/mol. The van der Waals surface area contributed by atoms with E-state index in [1.54, 1.807) is 0 Å². The Labute approximate surface area is 128 Å². The van der Waals surface area contributed by atoms with Gasteiger partial charge in [-0.25, -0.2) is 9.37 Å².